The summed E-state index contributed by atoms with van der Waals surface area (Å²) in [5, 5.41) is 0. The second-order valence-electron chi connectivity index (χ2n) is 16.7. The number of esters is 3. The highest BCUT2D eigenvalue weighted by molar-refractivity contribution is 5.71. The van der Waals surface area contributed by atoms with Gasteiger partial charge in [-0.25, -0.2) is 0 Å². The van der Waals surface area contributed by atoms with Crippen LogP contribution < -0.4 is 0 Å². The first-order chi connectivity index (χ1) is 28.0. The van der Waals surface area contributed by atoms with Crippen LogP contribution in [0.5, 0.6) is 0 Å². The maximum absolute atomic E-state index is 12.7. The Hall–Kier alpha value is -2.11. The van der Waals surface area contributed by atoms with Gasteiger partial charge in [-0.1, -0.05) is 199 Å². The lowest BCUT2D eigenvalue weighted by Gasteiger charge is -2.18. The summed E-state index contributed by atoms with van der Waals surface area (Å²) in [5.74, 6) is -0.903. The Morgan fingerprint density at radius 1 is 0.333 bits per heavy atom. The standard InChI is InChI=1S/C51H94O6/c1-4-7-10-13-16-19-22-25-28-31-34-37-40-43-49(52)55-46-48(57-51(54)45-42-39-36-33-30-27-24-21-18-15-12-9-6-3)47-56-50(53)44-41-38-35-32-29-26-23-20-17-14-11-8-5-2/h25,27-28,30,48H,4-24,26,29,31-47H2,1-3H3/b28-25-,30-27-. The number of hydrogen-bond acceptors (Lipinski definition) is 6. The highest BCUT2D eigenvalue weighted by Gasteiger charge is 2.19. The van der Waals surface area contributed by atoms with E-state index < -0.39 is 6.10 Å². The number of rotatable bonds is 45. The smallest absolute Gasteiger partial charge is 0.306 e. The fraction of sp³-hybridized carbons (Fsp3) is 0.863. The molecule has 0 radical (unpaired) electrons. The summed E-state index contributed by atoms with van der Waals surface area (Å²) < 4.78 is 16.7. The van der Waals surface area contributed by atoms with Crippen molar-refractivity contribution in [1.29, 1.82) is 0 Å². The normalized spacial score (nSPS) is 12.1. The van der Waals surface area contributed by atoms with E-state index in [-0.39, 0.29) is 31.1 Å². The SMILES string of the molecule is CCCCCCCC/C=C\CCCCCC(=O)OCC(COC(=O)CCCCCCCCCCCCCCC)OC(=O)CCCCC/C=C\CCCCCCCC. The summed E-state index contributed by atoms with van der Waals surface area (Å²) in [7, 11) is 0. The quantitative estimate of drug-likeness (QED) is 0.0264. The molecule has 334 valence electrons. The Morgan fingerprint density at radius 3 is 0.895 bits per heavy atom. The van der Waals surface area contributed by atoms with E-state index in [1.54, 1.807) is 0 Å². The summed E-state index contributed by atoms with van der Waals surface area (Å²) in [6, 6.07) is 0. The lowest BCUT2D eigenvalue weighted by atomic mass is 10.0. The van der Waals surface area contributed by atoms with Gasteiger partial charge in [-0.2, -0.15) is 0 Å². The Bertz CT molecular complexity index is 927. The minimum Gasteiger partial charge on any atom is -0.462 e. The van der Waals surface area contributed by atoms with Crippen LogP contribution in [0.1, 0.15) is 265 Å². The zero-order chi connectivity index (χ0) is 41.5. The molecular formula is C51H94O6. The molecule has 0 aromatic rings. The summed E-state index contributed by atoms with van der Waals surface area (Å²) in [6.45, 7) is 6.61. The maximum Gasteiger partial charge on any atom is 0.306 e. The summed E-state index contributed by atoms with van der Waals surface area (Å²) >= 11 is 0. The molecule has 0 aliphatic heterocycles. The molecule has 0 bridgehead atoms. The first-order valence-corrected chi connectivity index (χ1v) is 24.8. The van der Waals surface area contributed by atoms with E-state index in [1.807, 2.05) is 0 Å². The van der Waals surface area contributed by atoms with Crippen molar-refractivity contribution in [2.75, 3.05) is 13.2 Å². The zero-order valence-corrected chi connectivity index (χ0v) is 38.1. The average molecular weight is 803 g/mol. The third-order valence-corrected chi connectivity index (χ3v) is 10.9. The van der Waals surface area contributed by atoms with Crippen molar-refractivity contribution in [3.63, 3.8) is 0 Å². The molecular weight excluding hydrogens is 709 g/mol. The molecule has 0 spiro atoms. The maximum atomic E-state index is 12.7. The predicted octanol–water partition coefficient (Wildman–Crippen LogP) is 16.0. The van der Waals surface area contributed by atoms with E-state index in [9.17, 15) is 14.4 Å². The minimum atomic E-state index is -0.779. The fourth-order valence-corrected chi connectivity index (χ4v) is 7.14. The van der Waals surface area contributed by atoms with Gasteiger partial charge in [-0.15, -0.1) is 0 Å². The van der Waals surface area contributed by atoms with Crippen molar-refractivity contribution >= 4 is 17.9 Å². The third kappa shape index (κ3) is 44.8. The number of ether oxygens (including phenoxy) is 3. The Balaban J connectivity index is 4.39. The van der Waals surface area contributed by atoms with E-state index in [0.29, 0.717) is 19.3 Å². The Labute approximate surface area is 353 Å². The summed E-state index contributed by atoms with van der Waals surface area (Å²) in [4.78, 5) is 37.8. The molecule has 0 aliphatic rings. The molecule has 0 aliphatic carbocycles. The number of hydrogen-bond donors (Lipinski definition) is 0. The second-order valence-corrected chi connectivity index (χ2v) is 16.7. The van der Waals surface area contributed by atoms with Crippen LogP contribution in [0.15, 0.2) is 24.3 Å². The van der Waals surface area contributed by atoms with Crippen molar-refractivity contribution in [2.24, 2.45) is 0 Å². The fourth-order valence-electron chi connectivity index (χ4n) is 7.14. The van der Waals surface area contributed by atoms with Crippen molar-refractivity contribution in [3.8, 4) is 0 Å². The van der Waals surface area contributed by atoms with Crippen molar-refractivity contribution in [1.82, 2.24) is 0 Å². The molecule has 6 heteroatoms. The Kier molecular flexibility index (Phi) is 44.9. The summed E-state index contributed by atoms with van der Waals surface area (Å²) in [6.07, 6.45) is 51.6. The average Bonchev–Trinajstić information content (AvgIpc) is 3.21. The number of carbonyl (C=O) groups excluding carboxylic acids is 3. The van der Waals surface area contributed by atoms with Crippen LogP contribution >= 0.6 is 0 Å². The summed E-state index contributed by atoms with van der Waals surface area (Å²) in [5.41, 5.74) is 0. The van der Waals surface area contributed by atoms with Crippen molar-refractivity contribution in [2.45, 2.75) is 271 Å². The molecule has 0 saturated carbocycles. The van der Waals surface area contributed by atoms with Gasteiger partial charge in [-0.05, 0) is 70.6 Å². The van der Waals surface area contributed by atoms with Crippen molar-refractivity contribution in [3.05, 3.63) is 24.3 Å². The second kappa shape index (κ2) is 46.6. The molecule has 1 atom stereocenters. The topological polar surface area (TPSA) is 78.9 Å². The van der Waals surface area contributed by atoms with Crippen LogP contribution in [0.3, 0.4) is 0 Å². The molecule has 0 rings (SSSR count). The third-order valence-electron chi connectivity index (χ3n) is 10.9. The van der Waals surface area contributed by atoms with Crippen LogP contribution in [0.4, 0.5) is 0 Å². The molecule has 0 aromatic heterocycles. The van der Waals surface area contributed by atoms with E-state index in [2.05, 4.69) is 45.1 Å². The molecule has 57 heavy (non-hydrogen) atoms. The Morgan fingerprint density at radius 2 is 0.579 bits per heavy atom. The van der Waals surface area contributed by atoms with Gasteiger partial charge in [-0.3, -0.25) is 14.4 Å². The molecule has 0 heterocycles. The van der Waals surface area contributed by atoms with Gasteiger partial charge in [0.15, 0.2) is 6.10 Å². The number of carbonyl (C=O) groups is 3. The lowest BCUT2D eigenvalue weighted by Crippen LogP contribution is -2.30. The highest BCUT2D eigenvalue weighted by atomic mass is 16.6. The van der Waals surface area contributed by atoms with Crippen LogP contribution in [0, 0.1) is 0 Å². The van der Waals surface area contributed by atoms with Gasteiger partial charge < -0.3 is 14.2 Å². The zero-order valence-electron chi connectivity index (χ0n) is 38.1. The highest BCUT2D eigenvalue weighted by Crippen LogP contribution is 2.15. The van der Waals surface area contributed by atoms with E-state index in [4.69, 9.17) is 14.2 Å². The predicted molar refractivity (Wildman–Crippen MR) is 243 cm³/mol. The molecule has 0 fully saturated rings. The molecule has 0 amide bonds. The van der Waals surface area contributed by atoms with Gasteiger partial charge >= 0.3 is 17.9 Å². The van der Waals surface area contributed by atoms with E-state index in [0.717, 1.165) is 83.5 Å². The molecule has 6 nitrogen and oxygen atoms in total. The van der Waals surface area contributed by atoms with Crippen molar-refractivity contribution < 1.29 is 28.6 Å². The first-order valence-electron chi connectivity index (χ1n) is 24.8. The van der Waals surface area contributed by atoms with Gasteiger partial charge in [0.05, 0.1) is 0 Å². The van der Waals surface area contributed by atoms with E-state index >= 15 is 0 Å². The molecule has 0 N–H and O–H groups in total. The van der Waals surface area contributed by atoms with Gasteiger partial charge in [0.25, 0.3) is 0 Å². The van der Waals surface area contributed by atoms with Crippen LogP contribution in [0.25, 0.3) is 0 Å². The molecule has 0 aromatic carbocycles. The molecule has 0 saturated heterocycles. The minimum absolute atomic E-state index is 0.0786. The first kappa shape index (κ1) is 54.9. The van der Waals surface area contributed by atoms with Gasteiger partial charge in [0.2, 0.25) is 0 Å². The van der Waals surface area contributed by atoms with Crippen LogP contribution in [-0.4, -0.2) is 37.2 Å². The van der Waals surface area contributed by atoms with Gasteiger partial charge in [0, 0.05) is 19.3 Å². The number of unbranched alkanes of at least 4 members (excludes halogenated alkanes) is 30. The monoisotopic (exact) mass is 803 g/mol. The van der Waals surface area contributed by atoms with E-state index in [1.165, 1.54) is 141 Å². The van der Waals surface area contributed by atoms with Gasteiger partial charge in [0.1, 0.15) is 13.2 Å². The number of allylic oxidation sites excluding steroid dienone is 4. The van der Waals surface area contributed by atoms with Crippen LogP contribution in [0.2, 0.25) is 0 Å². The van der Waals surface area contributed by atoms with Crippen LogP contribution in [-0.2, 0) is 28.6 Å². The largest absolute Gasteiger partial charge is 0.462 e. The lowest BCUT2D eigenvalue weighted by molar-refractivity contribution is -0.167. The molecule has 1 unspecified atom stereocenters.